The molecule has 1 nitrogen and oxygen atoms in total. The molecule has 0 bridgehead atoms. The van der Waals surface area contributed by atoms with E-state index in [0.29, 0.717) is 0 Å². The van der Waals surface area contributed by atoms with Crippen LogP contribution in [0, 0.1) is 0 Å². The summed E-state index contributed by atoms with van der Waals surface area (Å²) in [5.41, 5.74) is 0. The zero-order valence-corrected chi connectivity index (χ0v) is 10.9. The van der Waals surface area contributed by atoms with E-state index in [2.05, 4.69) is 6.92 Å². The van der Waals surface area contributed by atoms with Gasteiger partial charge in [0.1, 0.15) is 0 Å². The third-order valence-electron chi connectivity index (χ3n) is 2.80. The van der Waals surface area contributed by atoms with Gasteiger partial charge in [-0.3, -0.25) is 0 Å². The number of hydrogen-bond donors (Lipinski definition) is 0. The minimum Gasteiger partial charge on any atom is -0.235 e. The Kier molecular flexibility index (Phi) is 12.5. The van der Waals surface area contributed by atoms with Crippen LogP contribution in [-0.4, -0.2) is 12.0 Å². The second kappa shape index (κ2) is 12.3. The van der Waals surface area contributed by atoms with Crippen LogP contribution in [-0.2, 0) is 5.11 Å². The van der Waals surface area contributed by atoms with Crippen molar-refractivity contribution < 1.29 is 5.11 Å². The van der Waals surface area contributed by atoms with Crippen LogP contribution in [0.4, 0.5) is 0 Å². The first kappa shape index (κ1) is 15.2. The Hall–Kier alpha value is 0.250. The van der Waals surface area contributed by atoms with Gasteiger partial charge in [0.25, 0.3) is 0 Å². The van der Waals surface area contributed by atoms with Gasteiger partial charge in [0.2, 0.25) is 0 Å². The predicted octanol–water partition coefficient (Wildman–Crippen LogP) is 4.95. The third-order valence-corrected chi connectivity index (χ3v) is 3.15. The summed E-state index contributed by atoms with van der Waals surface area (Å²) in [6.45, 7) is 2.12. The second-order valence-corrected chi connectivity index (χ2v) is 5.00. The van der Waals surface area contributed by atoms with Crippen molar-refractivity contribution in [1.29, 1.82) is 0 Å². The first-order valence-electron chi connectivity index (χ1n) is 6.53. The summed E-state index contributed by atoms with van der Waals surface area (Å²) in [5.74, 6) is 0. The third kappa shape index (κ3) is 12.2. The highest BCUT2D eigenvalue weighted by molar-refractivity contribution is 6.20. The molecule has 15 heavy (non-hydrogen) atoms. The molecule has 0 aromatic carbocycles. The molecule has 0 saturated carbocycles. The van der Waals surface area contributed by atoms with Crippen molar-refractivity contribution in [3.8, 4) is 0 Å². The van der Waals surface area contributed by atoms with Gasteiger partial charge in [-0.2, -0.15) is 0 Å². The van der Waals surface area contributed by atoms with Crippen LogP contribution in [0.1, 0.15) is 71.1 Å². The lowest BCUT2D eigenvalue weighted by Crippen LogP contribution is -2.02. The molecule has 1 radical (unpaired) electrons. The monoisotopic (exact) mass is 233 g/mol. The molecule has 0 aliphatic carbocycles. The van der Waals surface area contributed by atoms with Crippen LogP contribution >= 0.6 is 11.6 Å². The van der Waals surface area contributed by atoms with E-state index in [0.717, 1.165) is 12.8 Å². The maximum Gasteiger partial charge on any atom is 0.0985 e. The average Bonchev–Trinajstić information content (AvgIpc) is 2.26. The van der Waals surface area contributed by atoms with Crippen LogP contribution in [0.15, 0.2) is 0 Å². The molecule has 0 aromatic heterocycles. The second-order valence-electron chi connectivity index (χ2n) is 4.38. The van der Waals surface area contributed by atoms with Gasteiger partial charge >= 0.3 is 0 Å². The molecule has 0 fully saturated rings. The van der Waals surface area contributed by atoms with Gasteiger partial charge < -0.3 is 0 Å². The molecule has 0 heterocycles. The van der Waals surface area contributed by atoms with Crippen molar-refractivity contribution in [3.05, 3.63) is 0 Å². The molecule has 0 aromatic rings. The molecule has 0 rings (SSSR count). The van der Waals surface area contributed by atoms with Crippen molar-refractivity contribution in [2.75, 3.05) is 6.61 Å². The van der Waals surface area contributed by atoms with Crippen molar-refractivity contribution in [2.45, 2.75) is 76.5 Å². The fraction of sp³-hybridized carbons (Fsp3) is 1.00. The molecule has 0 saturated heterocycles. The van der Waals surface area contributed by atoms with Crippen molar-refractivity contribution in [1.82, 2.24) is 0 Å². The Bertz CT molecular complexity index is 117. The fourth-order valence-corrected chi connectivity index (χ4v) is 1.91. The first-order valence-corrected chi connectivity index (χ1v) is 6.97. The standard InChI is InChI=1S/C13H26ClO/c1-2-3-4-5-6-7-8-9-10-11-13(14)12-15/h13H,2-12H2,1H3. The summed E-state index contributed by atoms with van der Waals surface area (Å²) in [5, 5.41) is 10.2. The predicted molar refractivity (Wildman–Crippen MR) is 67.0 cm³/mol. The number of unbranched alkanes of at least 4 members (excludes halogenated alkanes) is 8. The highest BCUT2D eigenvalue weighted by Gasteiger charge is 2.01. The Balaban J connectivity index is 2.92. The summed E-state index contributed by atoms with van der Waals surface area (Å²) in [4.78, 5) is 0. The van der Waals surface area contributed by atoms with E-state index in [1.807, 2.05) is 0 Å². The lowest BCUT2D eigenvalue weighted by Gasteiger charge is -2.04. The quantitative estimate of drug-likeness (QED) is 0.356. The van der Waals surface area contributed by atoms with Gasteiger partial charge in [0.15, 0.2) is 0 Å². The highest BCUT2D eigenvalue weighted by Crippen LogP contribution is 2.12. The van der Waals surface area contributed by atoms with Crippen LogP contribution < -0.4 is 0 Å². The number of alkyl halides is 1. The van der Waals surface area contributed by atoms with Gasteiger partial charge in [0, 0.05) is 0 Å². The smallest absolute Gasteiger partial charge is 0.0985 e. The lowest BCUT2D eigenvalue weighted by atomic mass is 10.1. The van der Waals surface area contributed by atoms with E-state index >= 15 is 0 Å². The minimum absolute atomic E-state index is 0.126. The molecule has 1 atom stereocenters. The number of halogens is 1. The summed E-state index contributed by atoms with van der Waals surface area (Å²) in [7, 11) is 0. The lowest BCUT2D eigenvalue weighted by molar-refractivity contribution is 0.189. The topological polar surface area (TPSA) is 19.9 Å². The molecular formula is C13H26ClO. The molecular weight excluding hydrogens is 208 g/mol. The van der Waals surface area contributed by atoms with Gasteiger partial charge in [-0.05, 0) is 6.42 Å². The summed E-state index contributed by atoms with van der Waals surface area (Å²) >= 11 is 5.75. The van der Waals surface area contributed by atoms with E-state index < -0.39 is 0 Å². The van der Waals surface area contributed by atoms with E-state index in [1.54, 1.807) is 0 Å². The summed E-state index contributed by atoms with van der Waals surface area (Å²) in [6, 6.07) is 0. The Morgan fingerprint density at radius 3 is 1.80 bits per heavy atom. The van der Waals surface area contributed by atoms with Crippen molar-refractivity contribution in [2.24, 2.45) is 0 Å². The van der Waals surface area contributed by atoms with E-state index in [4.69, 9.17) is 11.6 Å². The maximum atomic E-state index is 10.4. The van der Waals surface area contributed by atoms with Crippen molar-refractivity contribution in [3.63, 3.8) is 0 Å². The molecule has 0 N–H and O–H groups in total. The zero-order chi connectivity index (χ0) is 11.4. The first-order chi connectivity index (χ1) is 7.31. The molecule has 2 heteroatoms. The number of hydrogen-bond acceptors (Lipinski definition) is 0. The molecule has 0 aliphatic rings. The average molecular weight is 234 g/mol. The zero-order valence-electron chi connectivity index (χ0n) is 10.1. The van der Waals surface area contributed by atoms with Crippen LogP contribution in [0.25, 0.3) is 0 Å². The normalized spacial score (nSPS) is 13.0. The maximum absolute atomic E-state index is 10.4. The van der Waals surface area contributed by atoms with E-state index in [1.165, 1.54) is 51.4 Å². The Morgan fingerprint density at radius 2 is 1.33 bits per heavy atom. The number of rotatable bonds is 11. The molecule has 0 spiro atoms. The minimum atomic E-state index is -0.130. The molecule has 1 unspecified atom stereocenters. The SMILES string of the molecule is CCCCCCCCCCCC(Cl)C[O]. The summed E-state index contributed by atoms with van der Waals surface area (Å²) < 4.78 is 0. The van der Waals surface area contributed by atoms with E-state index in [9.17, 15) is 5.11 Å². The van der Waals surface area contributed by atoms with Crippen LogP contribution in [0.5, 0.6) is 0 Å². The van der Waals surface area contributed by atoms with Crippen LogP contribution in [0.2, 0.25) is 0 Å². The van der Waals surface area contributed by atoms with Gasteiger partial charge in [-0.15, -0.1) is 11.6 Å². The van der Waals surface area contributed by atoms with Crippen LogP contribution in [0.3, 0.4) is 0 Å². The Labute approximate surface area is 100 Å². The molecule has 91 valence electrons. The van der Waals surface area contributed by atoms with Gasteiger partial charge in [-0.1, -0.05) is 64.7 Å². The van der Waals surface area contributed by atoms with E-state index in [-0.39, 0.29) is 12.0 Å². The molecule has 0 amide bonds. The fourth-order valence-electron chi connectivity index (χ4n) is 1.76. The summed E-state index contributed by atoms with van der Waals surface area (Å²) in [6.07, 6.45) is 12.8. The molecule has 0 aliphatic heterocycles. The highest BCUT2D eigenvalue weighted by atomic mass is 35.5. The largest absolute Gasteiger partial charge is 0.235 e. The van der Waals surface area contributed by atoms with Gasteiger partial charge in [0.05, 0.1) is 12.0 Å². The van der Waals surface area contributed by atoms with Crippen molar-refractivity contribution >= 4 is 11.6 Å². The Morgan fingerprint density at radius 1 is 0.867 bits per heavy atom. The van der Waals surface area contributed by atoms with Gasteiger partial charge in [-0.25, -0.2) is 5.11 Å².